The van der Waals surface area contributed by atoms with Crippen LogP contribution in [0.25, 0.3) is 0 Å². The summed E-state index contributed by atoms with van der Waals surface area (Å²) >= 11 is 0. The summed E-state index contributed by atoms with van der Waals surface area (Å²) in [6.07, 6.45) is -4.56. The van der Waals surface area contributed by atoms with Gasteiger partial charge in [0, 0.05) is 5.54 Å². The van der Waals surface area contributed by atoms with Gasteiger partial charge in [-0.15, -0.1) is 0 Å². The molecule has 112 valence electrons. The highest BCUT2D eigenvalue weighted by Crippen LogP contribution is 2.18. The van der Waals surface area contributed by atoms with Crippen molar-refractivity contribution in [3.05, 3.63) is 0 Å². The number of carbonyl (C=O) groups is 2. The van der Waals surface area contributed by atoms with Crippen LogP contribution in [0.1, 0.15) is 27.7 Å². The molecular weight excluding hydrogens is 265 g/mol. The molecule has 0 radical (unpaired) electrons. The van der Waals surface area contributed by atoms with Gasteiger partial charge in [-0.2, -0.15) is 13.2 Å². The highest BCUT2D eigenvalue weighted by atomic mass is 19.4. The number of alkyl halides is 3. The molecule has 1 amide bonds. The number of halogens is 3. The van der Waals surface area contributed by atoms with E-state index >= 15 is 0 Å². The van der Waals surface area contributed by atoms with Crippen molar-refractivity contribution in [3.8, 4) is 0 Å². The zero-order valence-corrected chi connectivity index (χ0v) is 11.3. The van der Waals surface area contributed by atoms with Crippen LogP contribution in [0.3, 0.4) is 0 Å². The molecule has 8 heteroatoms. The second kappa shape index (κ2) is 6.23. The van der Waals surface area contributed by atoms with Crippen LogP contribution in [0.5, 0.6) is 0 Å². The van der Waals surface area contributed by atoms with Crippen LogP contribution in [-0.2, 0) is 9.59 Å². The lowest BCUT2D eigenvalue weighted by atomic mass is 10.1. The lowest BCUT2D eigenvalue weighted by molar-refractivity contribution is -0.160. The summed E-state index contributed by atoms with van der Waals surface area (Å²) in [5.74, 6) is -2.06. The second-order valence-electron chi connectivity index (χ2n) is 5.33. The van der Waals surface area contributed by atoms with Gasteiger partial charge in [0.15, 0.2) is 0 Å². The summed E-state index contributed by atoms with van der Waals surface area (Å²) in [5, 5.41) is 11.1. The molecule has 0 rings (SSSR count). The first kappa shape index (κ1) is 17.7. The van der Waals surface area contributed by atoms with Crippen molar-refractivity contribution in [2.45, 2.75) is 45.5 Å². The van der Waals surface area contributed by atoms with Crippen LogP contribution in [0.4, 0.5) is 13.2 Å². The molecule has 0 spiro atoms. The molecule has 0 aliphatic rings. The number of nitrogens with zero attached hydrogens (tertiary/aromatic N) is 1. The first-order valence-electron chi connectivity index (χ1n) is 5.66. The summed E-state index contributed by atoms with van der Waals surface area (Å²) in [7, 11) is 0. The molecule has 1 atom stereocenters. The number of rotatable bonds is 5. The fourth-order valence-corrected chi connectivity index (χ4v) is 1.37. The molecular formula is C11H19F3N2O3. The standard InChI is InChI=1S/C11H19F3N2O3/c1-7(9(19)15-10(2,3)4)16(5-8(17)18)6-11(12,13)14/h7H,5-6H2,1-4H3,(H,15,19)(H,17,18). The fourth-order valence-electron chi connectivity index (χ4n) is 1.37. The third-order valence-corrected chi connectivity index (χ3v) is 2.15. The number of carboxylic acids is 1. The summed E-state index contributed by atoms with van der Waals surface area (Å²) in [6, 6.07) is -1.18. The highest BCUT2D eigenvalue weighted by molar-refractivity contribution is 5.82. The molecule has 0 heterocycles. The van der Waals surface area contributed by atoms with E-state index in [2.05, 4.69) is 5.32 Å². The molecule has 5 nitrogen and oxygen atoms in total. The molecule has 0 aliphatic carbocycles. The maximum absolute atomic E-state index is 12.4. The van der Waals surface area contributed by atoms with Gasteiger partial charge in [-0.1, -0.05) is 0 Å². The zero-order chi connectivity index (χ0) is 15.4. The van der Waals surface area contributed by atoms with Crippen molar-refractivity contribution in [2.24, 2.45) is 0 Å². The Balaban J connectivity index is 4.84. The Bertz CT molecular complexity index is 337. The third kappa shape index (κ3) is 8.41. The Morgan fingerprint density at radius 1 is 1.26 bits per heavy atom. The smallest absolute Gasteiger partial charge is 0.401 e. The third-order valence-electron chi connectivity index (χ3n) is 2.15. The van der Waals surface area contributed by atoms with Gasteiger partial charge in [0.1, 0.15) is 0 Å². The van der Waals surface area contributed by atoms with Gasteiger partial charge < -0.3 is 10.4 Å². The largest absolute Gasteiger partial charge is 0.480 e. The van der Waals surface area contributed by atoms with Gasteiger partial charge in [-0.25, -0.2) is 0 Å². The van der Waals surface area contributed by atoms with Gasteiger partial charge in [0.25, 0.3) is 0 Å². The second-order valence-corrected chi connectivity index (χ2v) is 5.33. The summed E-state index contributed by atoms with van der Waals surface area (Å²) in [4.78, 5) is 22.9. The minimum absolute atomic E-state index is 0.573. The molecule has 0 fully saturated rings. The minimum Gasteiger partial charge on any atom is -0.480 e. The van der Waals surface area contributed by atoms with Crippen molar-refractivity contribution in [1.29, 1.82) is 0 Å². The summed E-state index contributed by atoms with van der Waals surface area (Å²) in [5.41, 5.74) is -0.599. The van der Waals surface area contributed by atoms with Crippen LogP contribution in [0.2, 0.25) is 0 Å². The van der Waals surface area contributed by atoms with E-state index in [1.165, 1.54) is 6.92 Å². The molecule has 0 saturated heterocycles. The molecule has 0 aromatic carbocycles. The van der Waals surface area contributed by atoms with Crippen LogP contribution in [-0.4, -0.2) is 52.7 Å². The van der Waals surface area contributed by atoms with Crippen LogP contribution < -0.4 is 5.32 Å². The average molecular weight is 284 g/mol. The highest BCUT2D eigenvalue weighted by Gasteiger charge is 2.36. The SMILES string of the molecule is CC(C(=O)NC(C)(C)C)N(CC(=O)O)CC(F)(F)F. The Morgan fingerprint density at radius 2 is 1.74 bits per heavy atom. The maximum Gasteiger partial charge on any atom is 0.401 e. The number of nitrogens with one attached hydrogen (secondary N) is 1. The number of hydrogen-bond donors (Lipinski definition) is 2. The number of amides is 1. The van der Waals surface area contributed by atoms with E-state index in [-0.39, 0.29) is 0 Å². The van der Waals surface area contributed by atoms with E-state index in [1.54, 1.807) is 20.8 Å². The van der Waals surface area contributed by atoms with Crippen molar-refractivity contribution >= 4 is 11.9 Å². The minimum atomic E-state index is -4.56. The Kier molecular flexibility index (Phi) is 5.80. The predicted octanol–water partition coefficient (Wildman–Crippen LogP) is 1.24. The topological polar surface area (TPSA) is 69.6 Å². The van der Waals surface area contributed by atoms with E-state index in [0.29, 0.717) is 4.90 Å². The van der Waals surface area contributed by atoms with Crippen molar-refractivity contribution in [2.75, 3.05) is 13.1 Å². The van der Waals surface area contributed by atoms with Crippen molar-refractivity contribution < 1.29 is 27.9 Å². The lowest BCUT2D eigenvalue weighted by Crippen LogP contribution is -2.53. The zero-order valence-electron chi connectivity index (χ0n) is 11.3. The van der Waals surface area contributed by atoms with Crippen LogP contribution in [0.15, 0.2) is 0 Å². The fraction of sp³-hybridized carbons (Fsp3) is 0.818. The van der Waals surface area contributed by atoms with Crippen molar-refractivity contribution in [3.63, 3.8) is 0 Å². The lowest BCUT2D eigenvalue weighted by Gasteiger charge is -2.30. The predicted molar refractivity (Wildman–Crippen MR) is 62.6 cm³/mol. The number of carbonyl (C=O) groups excluding carboxylic acids is 1. The number of aliphatic carboxylic acids is 1. The van der Waals surface area contributed by atoms with E-state index in [9.17, 15) is 22.8 Å². The monoisotopic (exact) mass is 284 g/mol. The number of carboxylic acid groups (broad SMARTS) is 1. The van der Waals surface area contributed by atoms with Crippen LogP contribution in [0, 0.1) is 0 Å². The van der Waals surface area contributed by atoms with Crippen molar-refractivity contribution in [1.82, 2.24) is 10.2 Å². The van der Waals surface area contributed by atoms with Gasteiger partial charge in [0.05, 0.1) is 19.1 Å². The molecule has 0 aromatic rings. The first-order chi connectivity index (χ1) is 8.32. The molecule has 0 aromatic heterocycles. The molecule has 0 saturated carbocycles. The summed E-state index contributed by atoms with van der Waals surface area (Å²) in [6.45, 7) is 4.00. The molecule has 19 heavy (non-hydrogen) atoms. The van der Waals surface area contributed by atoms with Gasteiger partial charge in [-0.3, -0.25) is 14.5 Å². The van der Waals surface area contributed by atoms with Gasteiger partial charge >= 0.3 is 12.1 Å². The van der Waals surface area contributed by atoms with E-state index in [1.807, 2.05) is 0 Å². The summed E-state index contributed by atoms with van der Waals surface area (Å²) < 4.78 is 37.1. The molecule has 1 unspecified atom stereocenters. The molecule has 0 bridgehead atoms. The maximum atomic E-state index is 12.4. The average Bonchev–Trinajstić information content (AvgIpc) is 2.09. The van der Waals surface area contributed by atoms with E-state index in [4.69, 9.17) is 5.11 Å². The normalized spacial score (nSPS) is 14.3. The Morgan fingerprint density at radius 3 is 2.05 bits per heavy atom. The van der Waals surface area contributed by atoms with E-state index in [0.717, 1.165) is 0 Å². The first-order valence-corrected chi connectivity index (χ1v) is 5.66. The molecule has 0 aliphatic heterocycles. The Hall–Kier alpha value is -1.31. The van der Waals surface area contributed by atoms with Crippen LogP contribution >= 0.6 is 0 Å². The van der Waals surface area contributed by atoms with E-state index < -0.39 is 42.7 Å². The number of hydrogen-bond acceptors (Lipinski definition) is 3. The van der Waals surface area contributed by atoms with Gasteiger partial charge in [-0.05, 0) is 27.7 Å². The molecule has 2 N–H and O–H groups in total. The quantitative estimate of drug-likeness (QED) is 0.797. The Labute approximate surface area is 109 Å². The van der Waals surface area contributed by atoms with Gasteiger partial charge in [0.2, 0.25) is 5.91 Å².